The van der Waals surface area contributed by atoms with E-state index < -0.39 is 10.0 Å². The smallest absolute Gasteiger partial charge is 0.261 e. The molecule has 0 unspecified atom stereocenters. The molecule has 0 spiro atoms. The average Bonchev–Trinajstić information content (AvgIpc) is 2.83. The topological polar surface area (TPSA) is 76.9 Å². The zero-order valence-corrected chi connectivity index (χ0v) is 11.5. The number of aromatic nitrogens is 3. The van der Waals surface area contributed by atoms with Crippen molar-refractivity contribution in [2.75, 3.05) is 4.72 Å². The summed E-state index contributed by atoms with van der Waals surface area (Å²) in [4.78, 5) is 0.209. The van der Waals surface area contributed by atoms with E-state index in [-0.39, 0.29) is 4.90 Å². The quantitative estimate of drug-likeness (QED) is 0.797. The minimum atomic E-state index is -3.62. The lowest BCUT2D eigenvalue weighted by Gasteiger charge is -2.08. The third kappa shape index (κ3) is 2.12. The van der Waals surface area contributed by atoms with Gasteiger partial charge in [-0.25, -0.2) is 13.1 Å². The van der Waals surface area contributed by atoms with Crippen molar-refractivity contribution in [2.24, 2.45) is 7.05 Å². The standard InChI is InChI=1S/C13H12N4O2S/c1-17-12-9-5-8-11(13(12)14-16-17)15-20(18,19)10-6-3-2-4-7-10/h2-9,15H,1H3. The van der Waals surface area contributed by atoms with Crippen molar-refractivity contribution in [3.63, 3.8) is 0 Å². The second-order valence-corrected chi connectivity index (χ2v) is 5.99. The van der Waals surface area contributed by atoms with Crippen LogP contribution in [0.15, 0.2) is 53.4 Å². The summed E-state index contributed by atoms with van der Waals surface area (Å²) in [6.45, 7) is 0. The molecule has 0 amide bonds. The lowest BCUT2D eigenvalue weighted by atomic mass is 10.3. The highest BCUT2D eigenvalue weighted by molar-refractivity contribution is 7.92. The Morgan fingerprint density at radius 2 is 1.80 bits per heavy atom. The number of nitrogens with one attached hydrogen (secondary N) is 1. The van der Waals surface area contributed by atoms with Crippen molar-refractivity contribution < 1.29 is 8.42 Å². The summed E-state index contributed by atoms with van der Waals surface area (Å²) in [7, 11) is -1.87. The number of sulfonamides is 1. The minimum absolute atomic E-state index is 0.209. The van der Waals surface area contributed by atoms with Crippen molar-refractivity contribution in [3.8, 4) is 0 Å². The van der Waals surface area contributed by atoms with Gasteiger partial charge in [0.1, 0.15) is 5.52 Å². The molecule has 0 radical (unpaired) electrons. The van der Waals surface area contributed by atoms with Crippen molar-refractivity contribution in [2.45, 2.75) is 4.90 Å². The van der Waals surface area contributed by atoms with E-state index in [2.05, 4.69) is 15.0 Å². The zero-order chi connectivity index (χ0) is 14.2. The first-order valence-electron chi connectivity index (χ1n) is 5.94. The van der Waals surface area contributed by atoms with E-state index in [0.29, 0.717) is 11.2 Å². The molecule has 0 aliphatic heterocycles. The third-order valence-corrected chi connectivity index (χ3v) is 4.32. The first kappa shape index (κ1) is 12.6. The van der Waals surface area contributed by atoms with Crippen LogP contribution in [0.25, 0.3) is 11.0 Å². The van der Waals surface area contributed by atoms with Gasteiger partial charge in [-0.05, 0) is 24.3 Å². The van der Waals surface area contributed by atoms with Gasteiger partial charge in [0, 0.05) is 7.05 Å². The minimum Gasteiger partial charge on any atom is -0.277 e. The van der Waals surface area contributed by atoms with Gasteiger partial charge < -0.3 is 0 Å². The number of benzene rings is 2. The number of fused-ring (bicyclic) bond motifs is 1. The molecule has 1 aromatic heterocycles. The Hall–Kier alpha value is -2.41. The van der Waals surface area contributed by atoms with Gasteiger partial charge in [-0.1, -0.05) is 29.5 Å². The Morgan fingerprint density at radius 1 is 1.05 bits per heavy atom. The predicted octanol–water partition coefficient (Wildman–Crippen LogP) is 1.77. The number of aryl methyl sites for hydroxylation is 1. The summed E-state index contributed by atoms with van der Waals surface area (Å²) < 4.78 is 28.7. The van der Waals surface area contributed by atoms with Gasteiger partial charge in [-0.15, -0.1) is 5.10 Å². The molecule has 0 aliphatic rings. The van der Waals surface area contributed by atoms with Crippen LogP contribution in [0.5, 0.6) is 0 Å². The van der Waals surface area contributed by atoms with E-state index in [1.54, 1.807) is 54.2 Å². The van der Waals surface area contributed by atoms with Gasteiger partial charge in [0.05, 0.1) is 16.1 Å². The van der Waals surface area contributed by atoms with E-state index in [4.69, 9.17) is 0 Å². The molecule has 0 saturated heterocycles. The molecule has 0 fully saturated rings. The fraction of sp³-hybridized carbons (Fsp3) is 0.0769. The maximum Gasteiger partial charge on any atom is 0.261 e. The maximum atomic E-state index is 12.3. The van der Waals surface area contributed by atoms with Gasteiger partial charge in [-0.2, -0.15) is 0 Å². The molecule has 1 heterocycles. The molecule has 20 heavy (non-hydrogen) atoms. The summed E-state index contributed by atoms with van der Waals surface area (Å²) in [5.41, 5.74) is 1.70. The van der Waals surface area contributed by atoms with Gasteiger partial charge in [0.25, 0.3) is 10.0 Å². The fourth-order valence-electron chi connectivity index (χ4n) is 1.94. The Bertz CT molecular complexity index is 856. The van der Waals surface area contributed by atoms with Crippen molar-refractivity contribution in [1.29, 1.82) is 0 Å². The summed E-state index contributed by atoms with van der Waals surface area (Å²) in [5.74, 6) is 0. The molecule has 0 saturated carbocycles. The van der Waals surface area contributed by atoms with E-state index in [1.165, 1.54) is 0 Å². The molecule has 3 rings (SSSR count). The van der Waals surface area contributed by atoms with Crippen LogP contribution in [-0.4, -0.2) is 23.4 Å². The second kappa shape index (κ2) is 4.61. The highest BCUT2D eigenvalue weighted by Gasteiger charge is 2.16. The van der Waals surface area contributed by atoms with E-state index in [1.807, 2.05) is 6.07 Å². The van der Waals surface area contributed by atoms with Gasteiger partial charge >= 0.3 is 0 Å². The molecule has 2 aromatic carbocycles. The molecule has 7 heteroatoms. The van der Waals surface area contributed by atoms with Crippen LogP contribution in [-0.2, 0) is 17.1 Å². The number of hydrogen-bond acceptors (Lipinski definition) is 4. The predicted molar refractivity (Wildman–Crippen MR) is 75.8 cm³/mol. The van der Waals surface area contributed by atoms with Crippen LogP contribution >= 0.6 is 0 Å². The normalized spacial score (nSPS) is 11.7. The van der Waals surface area contributed by atoms with Gasteiger partial charge in [-0.3, -0.25) is 4.72 Å². The maximum absolute atomic E-state index is 12.3. The largest absolute Gasteiger partial charge is 0.277 e. The summed E-state index contributed by atoms with van der Waals surface area (Å²) in [6.07, 6.45) is 0. The molecular weight excluding hydrogens is 276 g/mol. The van der Waals surface area contributed by atoms with Crippen LogP contribution in [0.2, 0.25) is 0 Å². The number of anilines is 1. The van der Waals surface area contributed by atoms with Crippen LogP contribution in [0.4, 0.5) is 5.69 Å². The Kier molecular flexibility index (Phi) is 2.90. The van der Waals surface area contributed by atoms with E-state index in [0.717, 1.165) is 5.52 Å². The van der Waals surface area contributed by atoms with Crippen molar-refractivity contribution in [1.82, 2.24) is 15.0 Å². The molecule has 0 aliphatic carbocycles. The van der Waals surface area contributed by atoms with Crippen LogP contribution in [0.1, 0.15) is 0 Å². The Labute approximate surface area is 116 Å². The Balaban J connectivity index is 2.06. The summed E-state index contributed by atoms with van der Waals surface area (Å²) in [5, 5.41) is 7.87. The van der Waals surface area contributed by atoms with E-state index in [9.17, 15) is 8.42 Å². The molecule has 6 nitrogen and oxygen atoms in total. The fourth-order valence-corrected chi connectivity index (χ4v) is 3.03. The highest BCUT2D eigenvalue weighted by Crippen LogP contribution is 2.23. The molecule has 0 bridgehead atoms. The first-order valence-corrected chi connectivity index (χ1v) is 7.42. The van der Waals surface area contributed by atoms with Crippen molar-refractivity contribution in [3.05, 3.63) is 48.5 Å². The average molecular weight is 288 g/mol. The molecule has 3 aromatic rings. The molecule has 102 valence electrons. The lowest BCUT2D eigenvalue weighted by molar-refractivity contribution is 0.601. The molecule has 0 atom stereocenters. The van der Waals surface area contributed by atoms with Gasteiger partial charge in [0.2, 0.25) is 0 Å². The second-order valence-electron chi connectivity index (χ2n) is 4.30. The number of hydrogen-bond donors (Lipinski definition) is 1. The highest BCUT2D eigenvalue weighted by atomic mass is 32.2. The molecular formula is C13H12N4O2S. The van der Waals surface area contributed by atoms with Crippen molar-refractivity contribution >= 4 is 26.7 Å². The third-order valence-electron chi connectivity index (χ3n) is 2.94. The number of rotatable bonds is 3. The van der Waals surface area contributed by atoms with Crippen LogP contribution < -0.4 is 4.72 Å². The SMILES string of the molecule is Cn1nnc2c(NS(=O)(=O)c3ccccc3)cccc21. The van der Waals surface area contributed by atoms with E-state index >= 15 is 0 Å². The summed E-state index contributed by atoms with van der Waals surface area (Å²) in [6, 6.07) is 13.5. The lowest BCUT2D eigenvalue weighted by Crippen LogP contribution is -2.13. The Morgan fingerprint density at radius 3 is 2.55 bits per heavy atom. The van der Waals surface area contributed by atoms with Gasteiger partial charge in [0.15, 0.2) is 0 Å². The zero-order valence-electron chi connectivity index (χ0n) is 10.7. The number of nitrogens with zero attached hydrogens (tertiary/aromatic N) is 3. The first-order chi connectivity index (χ1) is 9.58. The summed E-state index contributed by atoms with van der Waals surface area (Å²) >= 11 is 0. The molecule has 1 N–H and O–H groups in total. The van der Waals surface area contributed by atoms with Crippen LogP contribution in [0, 0.1) is 0 Å². The monoisotopic (exact) mass is 288 g/mol. The van der Waals surface area contributed by atoms with Crippen LogP contribution in [0.3, 0.4) is 0 Å².